The van der Waals surface area contributed by atoms with E-state index < -0.39 is 0 Å². The van der Waals surface area contributed by atoms with Gasteiger partial charge in [0.2, 0.25) is 5.91 Å². The molecule has 2 amide bonds. The number of nitrogens with one attached hydrogen (secondary N) is 1. The van der Waals surface area contributed by atoms with Crippen LogP contribution in [0.25, 0.3) is 0 Å². The van der Waals surface area contributed by atoms with Gasteiger partial charge in [0.05, 0.1) is 18.3 Å². The summed E-state index contributed by atoms with van der Waals surface area (Å²) in [6, 6.07) is 6.59. The number of halogens is 1. The fourth-order valence-corrected chi connectivity index (χ4v) is 4.49. The second kappa shape index (κ2) is 8.60. The number of benzene rings is 1. The summed E-state index contributed by atoms with van der Waals surface area (Å²) in [5.41, 5.74) is 1.64. The van der Waals surface area contributed by atoms with E-state index in [0.29, 0.717) is 60.1 Å². The van der Waals surface area contributed by atoms with E-state index in [4.69, 9.17) is 16.6 Å². The summed E-state index contributed by atoms with van der Waals surface area (Å²) in [5.74, 6) is 0.435. The number of rotatable bonds is 3. The number of aromatic nitrogens is 2. The summed E-state index contributed by atoms with van der Waals surface area (Å²) in [4.78, 5) is 49.2. The zero-order chi connectivity index (χ0) is 21.3. The van der Waals surface area contributed by atoms with Gasteiger partial charge in [-0.1, -0.05) is 24.6 Å². The van der Waals surface area contributed by atoms with Gasteiger partial charge in [-0.25, -0.2) is 4.98 Å². The molecule has 0 bridgehead atoms. The van der Waals surface area contributed by atoms with Gasteiger partial charge in [0, 0.05) is 35.7 Å². The van der Waals surface area contributed by atoms with Crippen LogP contribution in [0, 0.1) is 0 Å². The Morgan fingerprint density at radius 3 is 2.87 bits per heavy atom. The monoisotopic (exact) mass is 428 g/mol. The third kappa shape index (κ3) is 3.99. The van der Waals surface area contributed by atoms with Crippen LogP contribution in [-0.2, 0) is 17.8 Å². The van der Waals surface area contributed by atoms with Crippen LogP contribution >= 0.6 is 11.6 Å². The summed E-state index contributed by atoms with van der Waals surface area (Å²) in [5, 5.41) is 0.510. The molecule has 0 saturated carbocycles. The van der Waals surface area contributed by atoms with Crippen molar-refractivity contribution in [3.05, 3.63) is 62.3 Å². The van der Waals surface area contributed by atoms with Crippen LogP contribution in [0.3, 0.4) is 0 Å². The van der Waals surface area contributed by atoms with Crippen LogP contribution in [0.4, 0.5) is 0 Å². The molecule has 158 valence electrons. The van der Waals surface area contributed by atoms with Crippen molar-refractivity contribution in [3.63, 3.8) is 0 Å². The SMILES string of the molecule is CCC(=O)N1CCc2c(nc([C@@H]3CCCCN3C(=O)c3cccc(Cl)c3)[nH]c2=O)C1. The lowest BCUT2D eigenvalue weighted by Crippen LogP contribution is -2.42. The fraction of sp³-hybridized carbons (Fsp3) is 0.455. The molecule has 0 unspecified atom stereocenters. The fourth-order valence-electron chi connectivity index (χ4n) is 4.30. The van der Waals surface area contributed by atoms with Crippen molar-refractivity contribution >= 4 is 23.4 Å². The molecule has 1 aromatic heterocycles. The van der Waals surface area contributed by atoms with Crippen LogP contribution in [0.1, 0.15) is 66.1 Å². The molecule has 0 radical (unpaired) electrons. The second-order valence-corrected chi connectivity index (χ2v) is 8.25. The third-order valence-corrected chi connectivity index (χ3v) is 6.13. The van der Waals surface area contributed by atoms with E-state index in [1.807, 2.05) is 6.92 Å². The molecule has 2 aliphatic rings. The third-order valence-electron chi connectivity index (χ3n) is 5.90. The summed E-state index contributed by atoms with van der Waals surface area (Å²) in [6.07, 6.45) is 3.50. The van der Waals surface area contributed by atoms with Crippen molar-refractivity contribution in [1.29, 1.82) is 0 Å². The van der Waals surface area contributed by atoms with Gasteiger partial charge in [0.1, 0.15) is 5.82 Å². The maximum atomic E-state index is 13.2. The van der Waals surface area contributed by atoms with Crippen LogP contribution in [-0.4, -0.2) is 44.7 Å². The van der Waals surface area contributed by atoms with Gasteiger partial charge in [0.25, 0.3) is 11.5 Å². The first kappa shape index (κ1) is 20.6. The first-order valence-electron chi connectivity index (χ1n) is 10.4. The molecule has 0 aliphatic carbocycles. The Labute approximate surface area is 180 Å². The standard InChI is InChI=1S/C22H25ClN4O3/c1-2-19(28)26-11-9-16-17(13-26)24-20(25-21(16)29)18-8-3-4-10-27(18)22(30)14-6-5-7-15(23)12-14/h5-7,12,18H,2-4,8-11,13H2,1H3,(H,24,25,29)/t18-/m0/s1. The maximum absolute atomic E-state index is 13.2. The normalized spacial score (nSPS) is 18.8. The summed E-state index contributed by atoms with van der Waals surface area (Å²) < 4.78 is 0. The van der Waals surface area contributed by atoms with Crippen molar-refractivity contribution in [3.8, 4) is 0 Å². The highest BCUT2D eigenvalue weighted by Crippen LogP contribution is 2.31. The van der Waals surface area contributed by atoms with E-state index in [-0.39, 0.29) is 23.4 Å². The number of nitrogens with zero attached hydrogens (tertiary/aromatic N) is 3. The topological polar surface area (TPSA) is 86.4 Å². The Kier molecular flexibility index (Phi) is 5.90. The molecular weight excluding hydrogens is 404 g/mol. The molecule has 8 heteroatoms. The maximum Gasteiger partial charge on any atom is 0.254 e. The largest absolute Gasteiger partial charge is 0.336 e. The Balaban J connectivity index is 1.66. The Morgan fingerprint density at radius 2 is 2.10 bits per heavy atom. The average Bonchev–Trinajstić information content (AvgIpc) is 2.77. The Bertz CT molecular complexity index is 1040. The van der Waals surface area contributed by atoms with Gasteiger partial charge in [-0.3, -0.25) is 14.4 Å². The minimum absolute atomic E-state index is 0.0553. The molecule has 1 saturated heterocycles. The number of H-pyrrole nitrogens is 1. The lowest BCUT2D eigenvalue weighted by molar-refractivity contribution is -0.131. The van der Waals surface area contributed by atoms with Crippen LogP contribution in [0.2, 0.25) is 5.02 Å². The molecular formula is C22H25ClN4O3. The lowest BCUT2D eigenvalue weighted by atomic mass is 9.99. The van der Waals surface area contributed by atoms with Crippen LogP contribution in [0.5, 0.6) is 0 Å². The van der Waals surface area contributed by atoms with Crippen molar-refractivity contribution < 1.29 is 9.59 Å². The zero-order valence-corrected chi connectivity index (χ0v) is 17.7. The number of fused-ring (bicyclic) bond motifs is 1. The van der Waals surface area contributed by atoms with Crippen molar-refractivity contribution in [2.75, 3.05) is 13.1 Å². The van der Waals surface area contributed by atoms with Crippen LogP contribution < -0.4 is 5.56 Å². The molecule has 3 heterocycles. The number of hydrogen-bond acceptors (Lipinski definition) is 4. The zero-order valence-electron chi connectivity index (χ0n) is 17.0. The highest BCUT2D eigenvalue weighted by molar-refractivity contribution is 6.30. The molecule has 2 aliphatic heterocycles. The van der Waals surface area contributed by atoms with Crippen molar-refractivity contribution in [2.24, 2.45) is 0 Å². The van der Waals surface area contributed by atoms with E-state index in [2.05, 4.69) is 4.98 Å². The summed E-state index contributed by atoms with van der Waals surface area (Å²) in [6.45, 7) is 3.30. The number of carbonyl (C=O) groups is 2. The molecule has 1 fully saturated rings. The Morgan fingerprint density at radius 1 is 1.27 bits per heavy atom. The van der Waals surface area contributed by atoms with Gasteiger partial charge in [-0.05, 0) is 43.9 Å². The highest BCUT2D eigenvalue weighted by Gasteiger charge is 2.32. The first-order chi connectivity index (χ1) is 14.5. The second-order valence-electron chi connectivity index (χ2n) is 7.82. The lowest BCUT2D eigenvalue weighted by Gasteiger charge is -2.36. The number of amides is 2. The van der Waals surface area contributed by atoms with Crippen LogP contribution in [0.15, 0.2) is 29.1 Å². The number of hydrogen-bond donors (Lipinski definition) is 1. The van der Waals surface area contributed by atoms with Gasteiger partial charge in [-0.2, -0.15) is 0 Å². The number of likely N-dealkylation sites (tertiary alicyclic amines) is 1. The predicted octanol–water partition coefficient (Wildman–Crippen LogP) is 3.09. The van der Waals surface area contributed by atoms with Gasteiger partial charge in [0.15, 0.2) is 0 Å². The minimum Gasteiger partial charge on any atom is -0.336 e. The molecule has 1 aromatic carbocycles. The Hall–Kier alpha value is -2.67. The summed E-state index contributed by atoms with van der Waals surface area (Å²) in [7, 11) is 0. The minimum atomic E-state index is -0.305. The molecule has 2 aromatic rings. The molecule has 1 N–H and O–H groups in total. The van der Waals surface area contributed by atoms with E-state index in [1.54, 1.807) is 34.1 Å². The number of piperidine rings is 1. The quantitative estimate of drug-likeness (QED) is 0.813. The average molecular weight is 429 g/mol. The molecule has 4 rings (SSSR count). The van der Waals surface area contributed by atoms with Crippen molar-refractivity contribution in [1.82, 2.24) is 19.8 Å². The predicted molar refractivity (Wildman–Crippen MR) is 113 cm³/mol. The highest BCUT2D eigenvalue weighted by atomic mass is 35.5. The number of aromatic amines is 1. The smallest absolute Gasteiger partial charge is 0.254 e. The molecule has 30 heavy (non-hydrogen) atoms. The van der Waals surface area contributed by atoms with E-state index in [9.17, 15) is 14.4 Å². The van der Waals surface area contributed by atoms with E-state index >= 15 is 0 Å². The summed E-state index contributed by atoms with van der Waals surface area (Å²) >= 11 is 6.07. The molecule has 1 atom stereocenters. The van der Waals surface area contributed by atoms with Gasteiger partial charge < -0.3 is 14.8 Å². The van der Waals surface area contributed by atoms with Crippen molar-refractivity contribution in [2.45, 2.75) is 51.6 Å². The molecule has 7 nitrogen and oxygen atoms in total. The number of carbonyl (C=O) groups excluding carboxylic acids is 2. The van der Waals surface area contributed by atoms with E-state index in [1.165, 1.54) is 0 Å². The van der Waals surface area contributed by atoms with Gasteiger partial charge >= 0.3 is 0 Å². The van der Waals surface area contributed by atoms with E-state index in [0.717, 1.165) is 19.3 Å². The van der Waals surface area contributed by atoms with Gasteiger partial charge in [-0.15, -0.1) is 0 Å². The first-order valence-corrected chi connectivity index (χ1v) is 10.8. The molecule has 0 spiro atoms.